The van der Waals surface area contributed by atoms with Crippen molar-refractivity contribution in [1.82, 2.24) is 9.13 Å². The zero-order valence-electron chi connectivity index (χ0n) is 21.2. The summed E-state index contributed by atoms with van der Waals surface area (Å²) < 4.78 is 7.05. The molecule has 0 unspecified atom stereocenters. The quantitative estimate of drug-likeness (QED) is 0.238. The van der Waals surface area contributed by atoms with Gasteiger partial charge in [0.15, 0.2) is 0 Å². The fourth-order valence-corrected chi connectivity index (χ4v) is 5.52. The highest BCUT2D eigenvalue weighted by molar-refractivity contribution is 5.98. The molecule has 0 N–H and O–H groups in total. The van der Waals surface area contributed by atoms with Crippen LogP contribution in [-0.2, 0) is 7.05 Å². The van der Waals surface area contributed by atoms with Crippen LogP contribution < -0.4 is 4.57 Å². The normalized spacial score (nSPS) is 11.3. The molecule has 0 radical (unpaired) electrons. The lowest BCUT2D eigenvalue weighted by molar-refractivity contribution is -0.653. The van der Waals surface area contributed by atoms with Crippen molar-refractivity contribution in [2.45, 2.75) is 20.8 Å². The summed E-state index contributed by atoms with van der Waals surface area (Å²) in [4.78, 5) is 0. The highest BCUT2D eigenvalue weighted by atomic mass is 15.2. The molecule has 0 saturated carbocycles. The van der Waals surface area contributed by atoms with Gasteiger partial charge in [-0.2, -0.15) is 0 Å². The first-order valence-electron chi connectivity index (χ1n) is 12.4. The first kappa shape index (κ1) is 22.1. The predicted octanol–water partition coefficient (Wildman–Crippen LogP) is 7.50. The number of para-hydroxylation sites is 2. The van der Waals surface area contributed by atoms with E-state index >= 15 is 0 Å². The fourth-order valence-electron chi connectivity index (χ4n) is 5.52. The Kier molecular flexibility index (Phi) is 5.34. The van der Waals surface area contributed by atoms with Crippen LogP contribution >= 0.6 is 0 Å². The van der Waals surface area contributed by atoms with Crippen LogP contribution in [0.3, 0.4) is 0 Å². The van der Waals surface area contributed by atoms with E-state index in [1.807, 2.05) is 0 Å². The minimum atomic E-state index is 1.12. The van der Waals surface area contributed by atoms with E-state index in [0.717, 1.165) is 11.6 Å². The predicted molar refractivity (Wildman–Crippen MR) is 149 cm³/mol. The van der Waals surface area contributed by atoms with E-state index < -0.39 is 0 Å². The Balaban J connectivity index is 1.70. The highest BCUT2D eigenvalue weighted by Crippen LogP contribution is 2.35. The van der Waals surface area contributed by atoms with Crippen molar-refractivity contribution in [1.29, 1.82) is 0 Å². The first-order chi connectivity index (χ1) is 17.5. The molecule has 0 amide bonds. The average molecular weight is 469 g/mol. The SMILES string of the molecule is Cc1cccc(C)c1-n1cc(-n2cc(-c3ccccc3)c3cccc(C)c32)[n+](C)c1-c1ccccc1. The summed E-state index contributed by atoms with van der Waals surface area (Å²) >= 11 is 0. The molecular formula is C33H30N3+. The molecule has 0 bridgehead atoms. The molecule has 4 aromatic carbocycles. The van der Waals surface area contributed by atoms with Gasteiger partial charge in [-0.1, -0.05) is 84.9 Å². The summed E-state index contributed by atoms with van der Waals surface area (Å²) in [5.74, 6) is 2.28. The van der Waals surface area contributed by atoms with Crippen LogP contribution in [0.15, 0.2) is 109 Å². The number of benzene rings is 4. The lowest BCUT2D eigenvalue weighted by Gasteiger charge is -2.10. The minimum absolute atomic E-state index is 1.12. The lowest BCUT2D eigenvalue weighted by Crippen LogP contribution is -2.34. The number of aryl methyl sites for hydroxylation is 3. The van der Waals surface area contributed by atoms with E-state index in [2.05, 4.69) is 151 Å². The van der Waals surface area contributed by atoms with Crippen molar-refractivity contribution in [2.75, 3.05) is 0 Å². The standard InChI is InChI=1S/C33H30N3/c1-23-13-11-14-24(2)31(23)36-22-30(34(4)33(36)27-18-9-6-10-19-27)35-21-29(26-16-7-5-8-17-26)28-20-12-15-25(3)32(28)35/h5-22H,1-4H3/q+1. The zero-order chi connectivity index (χ0) is 24.8. The third-order valence-electron chi connectivity index (χ3n) is 7.21. The molecule has 0 spiro atoms. The number of hydrogen-bond acceptors (Lipinski definition) is 0. The van der Waals surface area contributed by atoms with Gasteiger partial charge < -0.3 is 0 Å². The second kappa shape index (κ2) is 8.69. The van der Waals surface area contributed by atoms with Crippen LogP contribution in [0, 0.1) is 20.8 Å². The number of fused-ring (bicyclic) bond motifs is 1. The number of rotatable bonds is 4. The topological polar surface area (TPSA) is 13.7 Å². The Morgan fingerprint density at radius 3 is 1.81 bits per heavy atom. The monoisotopic (exact) mass is 468 g/mol. The Hall–Kier alpha value is -4.37. The molecule has 2 heterocycles. The van der Waals surface area contributed by atoms with Gasteiger partial charge in [0.05, 0.1) is 13.2 Å². The number of imidazole rings is 1. The molecule has 3 heteroatoms. The Morgan fingerprint density at radius 2 is 1.14 bits per heavy atom. The van der Waals surface area contributed by atoms with Crippen molar-refractivity contribution in [3.63, 3.8) is 0 Å². The Morgan fingerprint density at radius 1 is 0.556 bits per heavy atom. The van der Waals surface area contributed by atoms with Gasteiger partial charge in [0, 0.05) is 16.5 Å². The largest absolute Gasteiger partial charge is 0.265 e. The molecular weight excluding hydrogens is 438 g/mol. The molecule has 6 aromatic rings. The minimum Gasteiger partial charge on any atom is -0.231 e. The molecule has 6 rings (SSSR count). The molecule has 0 aliphatic rings. The Labute approximate surface area is 212 Å². The molecule has 0 atom stereocenters. The summed E-state index contributed by atoms with van der Waals surface area (Å²) in [6.07, 6.45) is 4.59. The highest BCUT2D eigenvalue weighted by Gasteiger charge is 2.27. The second-order valence-electron chi connectivity index (χ2n) is 9.60. The van der Waals surface area contributed by atoms with Gasteiger partial charge in [-0.25, -0.2) is 13.7 Å². The van der Waals surface area contributed by atoms with Gasteiger partial charge in [0.1, 0.15) is 17.4 Å². The van der Waals surface area contributed by atoms with Gasteiger partial charge in [-0.05, 0) is 55.2 Å². The van der Waals surface area contributed by atoms with E-state index in [1.165, 1.54) is 50.0 Å². The zero-order valence-corrected chi connectivity index (χ0v) is 21.2. The van der Waals surface area contributed by atoms with Gasteiger partial charge in [-0.3, -0.25) is 0 Å². The van der Waals surface area contributed by atoms with Crippen molar-refractivity contribution in [3.8, 4) is 34.0 Å². The number of nitrogens with zero attached hydrogens (tertiary/aromatic N) is 3. The fraction of sp³-hybridized carbons (Fsp3) is 0.121. The van der Waals surface area contributed by atoms with Crippen molar-refractivity contribution in [2.24, 2.45) is 7.05 Å². The molecule has 3 nitrogen and oxygen atoms in total. The molecule has 0 aliphatic carbocycles. The number of aromatic nitrogens is 3. The second-order valence-corrected chi connectivity index (χ2v) is 9.60. The van der Waals surface area contributed by atoms with Crippen LogP contribution in [0.1, 0.15) is 16.7 Å². The molecule has 0 fully saturated rings. The third-order valence-corrected chi connectivity index (χ3v) is 7.21. The van der Waals surface area contributed by atoms with Gasteiger partial charge in [0.2, 0.25) is 5.82 Å². The summed E-state index contributed by atoms with van der Waals surface area (Å²) in [6.45, 7) is 6.59. The lowest BCUT2D eigenvalue weighted by atomic mass is 10.0. The van der Waals surface area contributed by atoms with Crippen LogP contribution in [0.5, 0.6) is 0 Å². The van der Waals surface area contributed by atoms with Gasteiger partial charge in [0.25, 0.3) is 5.82 Å². The summed E-state index contributed by atoms with van der Waals surface area (Å²) in [5.41, 5.74) is 9.91. The smallest absolute Gasteiger partial charge is 0.231 e. The molecule has 0 aliphatic heterocycles. The third kappa shape index (κ3) is 3.47. The van der Waals surface area contributed by atoms with Crippen LogP contribution in [0.4, 0.5) is 0 Å². The van der Waals surface area contributed by atoms with E-state index in [-0.39, 0.29) is 0 Å². The van der Waals surface area contributed by atoms with Gasteiger partial charge in [-0.15, -0.1) is 0 Å². The van der Waals surface area contributed by atoms with Gasteiger partial charge >= 0.3 is 0 Å². The maximum Gasteiger partial charge on any atom is 0.265 e. The maximum atomic E-state index is 2.36. The maximum absolute atomic E-state index is 2.36. The molecule has 176 valence electrons. The molecule has 0 saturated heterocycles. The van der Waals surface area contributed by atoms with Crippen molar-refractivity contribution < 1.29 is 4.57 Å². The summed E-state index contributed by atoms with van der Waals surface area (Å²) in [6, 6.07) is 34.5. The average Bonchev–Trinajstić information content (AvgIpc) is 3.44. The molecule has 36 heavy (non-hydrogen) atoms. The summed E-state index contributed by atoms with van der Waals surface area (Å²) in [7, 11) is 2.17. The Bertz CT molecular complexity index is 1680. The van der Waals surface area contributed by atoms with Crippen LogP contribution in [0.2, 0.25) is 0 Å². The van der Waals surface area contributed by atoms with E-state index in [0.29, 0.717) is 0 Å². The van der Waals surface area contributed by atoms with Crippen LogP contribution in [0.25, 0.3) is 44.9 Å². The van der Waals surface area contributed by atoms with Crippen LogP contribution in [-0.4, -0.2) is 9.13 Å². The van der Waals surface area contributed by atoms with Crippen molar-refractivity contribution >= 4 is 10.9 Å². The summed E-state index contributed by atoms with van der Waals surface area (Å²) in [5, 5.41) is 1.27. The first-order valence-corrected chi connectivity index (χ1v) is 12.4. The van der Waals surface area contributed by atoms with E-state index in [1.54, 1.807) is 0 Å². The van der Waals surface area contributed by atoms with Crippen molar-refractivity contribution in [3.05, 3.63) is 126 Å². The molecule has 2 aromatic heterocycles. The van der Waals surface area contributed by atoms with E-state index in [9.17, 15) is 0 Å². The van der Waals surface area contributed by atoms with E-state index in [4.69, 9.17) is 0 Å². The number of hydrogen-bond donors (Lipinski definition) is 0.